The van der Waals surface area contributed by atoms with Gasteiger partial charge in [-0.3, -0.25) is 25.0 Å². The summed E-state index contributed by atoms with van der Waals surface area (Å²) in [5, 5.41) is 18.5. The van der Waals surface area contributed by atoms with Crippen LogP contribution in [-0.4, -0.2) is 115 Å². The van der Waals surface area contributed by atoms with E-state index >= 15 is 0 Å². The molecular formula is C33H34FN9O8S4. The minimum atomic E-state index is -3.75. The summed E-state index contributed by atoms with van der Waals surface area (Å²) in [6.07, 6.45) is 6.13. The second-order valence-corrected chi connectivity index (χ2v) is 17.8. The Labute approximate surface area is 323 Å². The van der Waals surface area contributed by atoms with Crippen molar-refractivity contribution in [2.24, 2.45) is 0 Å². The summed E-state index contributed by atoms with van der Waals surface area (Å²) in [5.41, 5.74) is 5.02. The molecule has 5 aromatic rings. The molecule has 2 amide bonds. The number of aromatic nitrogens is 3. The molecule has 3 aromatic heterocycles. The van der Waals surface area contributed by atoms with Crippen molar-refractivity contribution in [1.29, 1.82) is 0 Å². The van der Waals surface area contributed by atoms with Crippen LogP contribution in [0.1, 0.15) is 19.3 Å². The van der Waals surface area contributed by atoms with Crippen LogP contribution in [0.2, 0.25) is 0 Å². The number of hydroxylamine groups is 2. The zero-order valence-electron chi connectivity index (χ0n) is 28.7. The maximum Gasteiger partial charge on any atom is 0.286 e. The van der Waals surface area contributed by atoms with Gasteiger partial charge in [0.05, 0.1) is 22.2 Å². The van der Waals surface area contributed by atoms with E-state index in [1.807, 2.05) is 21.9 Å². The number of hydrogen-bond acceptors (Lipinski definition) is 15. The third-order valence-electron chi connectivity index (χ3n) is 8.60. The fourth-order valence-electron chi connectivity index (χ4n) is 5.67. The number of piperazine rings is 2. The van der Waals surface area contributed by atoms with E-state index in [1.54, 1.807) is 47.6 Å². The Kier molecular flexibility index (Phi) is 12.5. The number of carbonyl (C=O) groups is 2. The highest BCUT2D eigenvalue weighted by Gasteiger charge is 2.31. The average molecular weight is 832 g/mol. The second-order valence-electron chi connectivity index (χ2n) is 11.9. The highest BCUT2D eigenvalue weighted by Crippen LogP contribution is 2.28. The number of thiazole rings is 2. The average Bonchev–Trinajstić information content (AvgIpc) is 3.93. The predicted molar refractivity (Wildman–Crippen MR) is 201 cm³/mol. The number of benzene rings is 2. The molecule has 0 bridgehead atoms. The molecule has 0 atom stereocenters. The molecule has 0 aliphatic carbocycles. The zero-order chi connectivity index (χ0) is 39.2. The van der Waals surface area contributed by atoms with E-state index in [4.69, 9.17) is 10.4 Å². The monoisotopic (exact) mass is 831 g/mol. The van der Waals surface area contributed by atoms with Gasteiger partial charge in [-0.1, -0.05) is 40.9 Å². The number of nitrogens with one attached hydrogen (secondary N) is 2. The summed E-state index contributed by atoms with van der Waals surface area (Å²) in [7, 11) is -7.35. The highest BCUT2D eigenvalue weighted by molar-refractivity contribution is 7.89. The fraction of sp³-hybridized carbons (Fsp3) is 0.242. The normalized spacial score (nSPS) is 15.5. The number of anilines is 2. The Morgan fingerprint density at radius 1 is 0.636 bits per heavy atom. The number of nitrogens with zero attached hydrogens (tertiary/aromatic N) is 7. The Bertz CT molecular complexity index is 2330. The van der Waals surface area contributed by atoms with Gasteiger partial charge in [0.2, 0.25) is 20.0 Å². The lowest BCUT2D eigenvalue weighted by molar-refractivity contribution is 0.0706. The molecule has 2 aromatic carbocycles. The summed E-state index contributed by atoms with van der Waals surface area (Å²) in [5.74, 6) is -1.86. The van der Waals surface area contributed by atoms with E-state index in [1.165, 1.54) is 39.2 Å². The molecule has 55 heavy (non-hydrogen) atoms. The molecule has 0 unspecified atom stereocenters. The Morgan fingerprint density at radius 3 is 1.55 bits per heavy atom. The van der Waals surface area contributed by atoms with Gasteiger partial charge < -0.3 is 9.80 Å². The zero-order valence-corrected chi connectivity index (χ0v) is 32.0. The molecule has 2 fully saturated rings. The summed E-state index contributed by atoms with van der Waals surface area (Å²) in [6, 6.07) is 15.5. The van der Waals surface area contributed by atoms with E-state index < -0.39 is 37.7 Å². The summed E-state index contributed by atoms with van der Waals surface area (Å²) in [6.45, 7) is 2.78. The first-order valence-corrected chi connectivity index (χ1v) is 21.0. The van der Waals surface area contributed by atoms with E-state index in [-0.39, 0.29) is 32.6 Å². The lowest BCUT2D eigenvalue weighted by Gasteiger charge is -2.33. The van der Waals surface area contributed by atoms with Gasteiger partial charge >= 0.3 is 0 Å². The lowest BCUT2D eigenvalue weighted by Crippen LogP contribution is -2.48. The first kappa shape index (κ1) is 39.7. The number of amides is 2. The van der Waals surface area contributed by atoms with E-state index in [0.717, 1.165) is 39.9 Å². The molecule has 5 heterocycles. The Hall–Kier alpha value is -4.94. The van der Waals surface area contributed by atoms with Crippen LogP contribution in [0.25, 0.3) is 11.1 Å². The van der Waals surface area contributed by atoms with Crippen LogP contribution in [0, 0.1) is 5.82 Å². The quantitative estimate of drug-likeness (QED) is 0.124. The van der Waals surface area contributed by atoms with Gasteiger partial charge in [0.15, 0.2) is 10.3 Å². The van der Waals surface area contributed by atoms with E-state index in [2.05, 4.69) is 15.0 Å². The number of pyridine rings is 1. The first-order chi connectivity index (χ1) is 26.4. The maximum atomic E-state index is 13.3. The van der Waals surface area contributed by atoms with Crippen LogP contribution in [0.15, 0.2) is 95.2 Å². The van der Waals surface area contributed by atoms with Crippen molar-refractivity contribution in [3.8, 4) is 11.1 Å². The topological polar surface area (TPSA) is 219 Å². The number of carbonyl (C=O) groups excluding carboxylic acids is 2. The molecule has 0 spiro atoms. The van der Waals surface area contributed by atoms with Crippen molar-refractivity contribution in [2.45, 2.75) is 9.79 Å². The van der Waals surface area contributed by atoms with Crippen LogP contribution in [0.4, 0.5) is 14.7 Å². The van der Waals surface area contributed by atoms with Gasteiger partial charge in [-0.05, 0) is 53.6 Å². The van der Waals surface area contributed by atoms with Crippen LogP contribution in [0.5, 0.6) is 0 Å². The van der Waals surface area contributed by atoms with Crippen LogP contribution in [-0.2, 0) is 20.0 Å². The number of rotatable bonds is 9. The van der Waals surface area contributed by atoms with E-state index in [9.17, 15) is 30.8 Å². The number of hydrogen-bond donors (Lipinski definition) is 4. The standard InChI is InChI=1S/C19H19N5O4S2.C14H15FN4O4S2/c25-18(22-26)17-13-21-19(29-17)23-9-11-24(12-10-23)30(27,28)16-3-1-14(2-4-16)15-5-7-20-8-6-15;15-10-2-1-3-11(8-10)25(22,23)19-6-4-18(5-7-19)14-16-9-12(24-14)13(20)17-21/h1-8,13,26H,9-12H2,(H,22,25);1-3,8-9,21H,4-7H2,(H,17,20). The molecule has 0 radical (unpaired) electrons. The van der Waals surface area contributed by atoms with Crippen molar-refractivity contribution >= 4 is 64.8 Å². The second kappa shape index (κ2) is 17.2. The third-order valence-corrected chi connectivity index (χ3v) is 14.5. The summed E-state index contributed by atoms with van der Waals surface area (Å²) >= 11 is 2.25. The van der Waals surface area contributed by atoms with Gasteiger partial charge in [0.1, 0.15) is 15.6 Å². The van der Waals surface area contributed by atoms with Crippen molar-refractivity contribution in [2.75, 3.05) is 62.2 Å². The number of sulfonamides is 2. The van der Waals surface area contributed by atoms with Crippen molar-refractivity contribution in [3.63, 3.8) is 0 Å². The van der Waals surface area contributed by atoms with Crippen LogP contribution >= 0.6 is 22.7 Å². The van der Waals surface area contributed by atoms with Crippen molar-refractivity contribution < 1.29 is 41.2 Å². The molecule has 290 valence electrons. The number of halogens is 1. The minimum Gasteiger partial charge on any atom is -0.345 e. The highest BCUT2D eigenvalue weighted by atomic mass is 32.2. The SMILES string of the molecule is O=C(NO)c1cnc(N2CCN(S(=O)(=O)c3ccc(-c4ccncc4)cc3)CC2)s1.O=C(NO)c1cnc(N2CCN(S(=O)(=O)c3cccc(F)c3)CC2)s1. The van der Waals surface area contributed by atoms with E-state index in [0.29, 0.717) is 49.5 Å². The molecule has 22 heteroatoms. The maximum absolute atomic E-state index is 13.3. The molecule has 17 nitrogen and oxygen atoms in total. The van der Waals surface area contributed by atoms with Gasteiger partial charge in [0.25, 0.3) is 11.8 Å². The molecule has 4 N–H and O–H groups in total. The molecule has 2 aliphatic heterocycles. The molecular weight excluding hydrogens is 798 g/mol. The largest absolute Gasteiger partial charge is 0.345 e. The minimum absolute atomic E-state index is 0.0721. The molecule has 2 saturated heterocycles. The summed E-state index contributed by atoms with van der Waals surface area (Å²) < 4.78 is 67.2. The van der Waals surface area contributed by atoms with Gasteiger partial charge in [0, 0.05) is 64.8 Å². The van der Waals surface area contributed by atoms with Crippen LogP contribution < -0.4 is 20.8 Å². The molecule has 2 aliphatic rings. The third kappa shape index (κ3) is 9.13. The van der Waals surface area contributed by atoms with Gasteiger partial charge in [-0.25, -0.2) is 42.2 Å². The smallest absolute Gasteiger partial charge is 0.286 e. The summed E-state index contributed by atoms with van der Waals surface area (Å²) in [4.78, 5) is 39.6. The molecule has 0 saturated carbocycles. The van der Waals surface area contributed by atoms with Gasteiger partial charge in [-0.15, -0.1) is 0 Å². The predicted octanol–water partition coefficient (Wildman–Crippen LogP) is 2.75. The fourth-order valence-corrected chi connectivity index (χ4v) is 10.3. The van der Waals surface area contributed by atoms with Gasteiger partial charge in [-0.2, -0.15) is 8.61 Å². The van der Waals surface area contributed by atoms with Crippen LogP contribution in [0.3, 0.4) is 0 Å². The lowest BCUT2D eigenvalue weighted by atomic mass is 10.1. The Morgan fingerprint density at radius 2 is 1.09 bits per heavy atom. The first-order valence-electron chi connectivity index (χ1n) is 16.5. The Balaban J connectivity index is 0.000000190. The van der Waals surface area contributed by atoms with Crippen molar-refractivity contribution in [1.82, 2.24) is 34.5 Å². The van der Waals surface area contributed by atoms with Crippen molar-refractivity contribution in [3.05, 3.63) is 101 Å². The molecule has 7 rings (SSSR count).